The molecule has 0 amide bonds. The van der Waals surface area contributed by atoms with Crippen molar-refractivity contribution in [3.63, 3.8) is 0 Å². The van der Waals surface area contributed by atoms with Gasteiger partial charge >= 0.3 is 0 Å². The average molecular weight is 225 g/mol. The predicted molar refractivity (Wildman–Crippen MR) is 66.2 cm³/mol. The summed E-state index contributed by atoms with van der Waals surface area (Å²) >= 11 is 6.52. The van der Waals surface area contributed by atoms with Gasteiger partial charge in [-0.3, -0.25) is 0 Å². The van der Waals surface area contributed by atoms with E-state index in [9.17, 15) is 0 Å². The van der Waals surface area contributed by atoms with Crippen molar-refractivity contribution in [2.45, 2.75) is 5.75 Å². The summed E-state index contributed by atoms with van der Waals surface area (Å²) in [4.78, 5) is 1.83. The first kappa shape index (κ1) is 11.3. The first-order valence-corrected chi connectivity index (χ1v) is 5.63. The largest absolute Gasteiger partial charge is 0.742 e. The number of hydrogen-bond acceptors (Lipinski definition) is 3. The molecule has 0 aliphatic heterocycles. The fourth-order valence-electron chi connectivity index (χ4n) is 0.818. The molecule has 0 unspecified atom stereocenters. The van der Waals surface area contributed by atoms with Crippen LogP contribution in [0.5, 0.6) is 0 Å². The average Bonchev–Trinajstić information content (AvgIpc) is 2.19. The zero-order valence-electron chi connectivity index (χ0n) is 8.30. The molecule has 0 bridgehead atoms. The van der Waals surface area contributed by atoms with Crippen LogP contribution in [0.4, 0.5) is 0 Å². The minimum absolute atomic E-state index is 0.630. The second kappa shape index (κ2) is 5.88. The summed E-state index contributed by atoms with van der Waals surface area (Å²) in [5.41, 5.74) is 1.27. The molecule has 0 aromatic heterocycles. The summed E-state index contributed by atoms with van der Waals surface area (Å²) in [5, 5.41) is 0.630. The maximum Gasteiger partial charge on any atom is 0.0404 e. The van der Waals surface area contributed by atoms with Gasteiger partial charge in [-0.25, -0.2) is 4.40 Å². The van der Waals surface area contributed by atoms with E-state index < -0.39 is 0 Å². The molecular formula is C10H13N2S2-. The van der Waals surface area contributed by atoms with Gasteiger partial charge in [0.15, 0.2) is 0 Å². The predicted octanol–water partition coefficient (Wildman–Crippen LogP) is 2.30. The molecule has 1 rings (SSSR count). The summed E-state index contributed by atoms with van der Waals surface area (Å²) < 4.78 is 4.19. The topological polar surface area (TPSA) is 15.6 Å². The fourth-order valence-corrected chi connectivity index (χ4v) is 1.66. The minimum atomic E-state index is 0.630. The van der Waals surface area contributed by atoms with Gasteiger partial charge < -0.3 is 17.5 Å². The standard InChI is InChI=1S/C10H14N2S2/c1-12(2)10(13)11-14-8-9-6-4-3-5-7-9/h3-7H,8H2,1-2H3,(H,11,13)/p-1. The molecule has 1 aromatic carbocycles. The van der Waals surface area contributed by atoms with Crippen molar-refractivity contribution in [2.24, 2.45) is 4.40 Å². The van der Waals surface area contributed by atoms with E-state index in [1.54, 1.807) is 0 Å². The van der Waals surface area contributed by atoms with Crippen molar-refractivity contribution in [1.82, 2.24) is 4.90 Å². The van der Waals surface area contributed by atoms with Gasteiger partial charge in [-0.15, -0.1) is 0 Å². The molecule has 0 aliphatic carbocycles. The SMILES string of the molecule is CN(C)C([S-])=NSCc1ccccc1. The second-order valence-corrected chi connectivity index (χ2v) is 4.12. The highest BCUT2D eigenvalue weighted by Gasteiger charge is 1.90. The van der Waals surface area contributed by atoms with E-state index in [-0.39, 0.29) is 0 Å². The third-order valence-corrected chi connectivity index (χ3v) is 2.94. The molecule has 0 N–H and O–H groups in total. The zero-order valence-corrected chi connectivity index (χ0v) is 9.94. The maximum atomic E-state index is 5.03. The molecule has 0 atom stereocenters. The van der Waals surface area contributed by atoms with Gasteiger partial charge in [0, 0.05) is 19.8 Å². The molecule has 0 radical (unpaired) electrons. The summed E-state index contributed by atoms with van der Waals surface area (Å²) in [7, 11) is 3.80. The van der Waals surface area contributed by atoms with Gasteiger partial charge in [0.2, 0.25) is 0 Å². The van der Waals surface area contributed by atoms with Gasteiger partial charge in [0.1, 0.15) is 0 Å². The van der Waals surface area contributed by atoms with Crippen molar-refractivity contribution in [2.75, 3.05) is 14.1 Å². The molecule has 2 nitrogen and oxygen atoms in total. The summed E-state index contributed by atoms with van der Waals surface area (Å²) in [6.45, 7) is 0. The van der Waals surface area contributed by atoms with Gasteiger partial charge in [-0.2, -0.15) is 0 Å². The molecule has 14 heavy (non-hydrogen) atoms. The molecule has 0 fully saturated rings. The number of hydrogen-bond donors (Lipinski definition) is 0. The van der Waals surface area contributed by atoms with Gasteiger partial charge in [0.05, 0.1) is 0 Å². The Bertz CT molecular complexity index is 296. The lowest BCUT2D eigenvalue weighted by Gasteiger charge is -2.19. The number of nitrogens with zero attached hydrogens (tertiary/aromatic N) is 2. The minimum Gasteiger partial charge on any atom is -0.742 e. The van der Waals surface area contributed by atoms with E-state index in [4.69, 9.17) is 12.6 Å². The van der Waals surface area contributed by atoms with Crippen LogP contribution < -0.4 is 0 Å². The van der Waals surface area contributed by atoms with Crippen LogP contribution in [-0.2, 0) is 18.4 Å². The normalized spacial score (nSPS) is 11.4. The van der Waals surface area contributed by atoms with Gasteiger partial charge in [0.25, 0.3) is 0 Å². The van der Waals surface area contributed by atoms with Crippen molar-refractivity contribution in [1.29, 1.82) is 0 Å². The molecule has 4 heteroatoms. The van der Waals surface area contributed by atoms with Crippen molar-refractivity contribution in [3.8, 4) is 0 Å². The van der Waals surface area contributed by atoms with E-state index in [0.29, 0.717) is 5.17 Å². The number of benzene rings is 1. The van der Waals surface area contributed by atoms with Crippen LogP contribution >= 0.6 is 11.9 Å². The Morgan fingerprint density at radius 2 is 2.00 bits per heavy atom. The maximum absolute atomic E-state index is 5.03. The van der Waals surface area contributed by atoms with Crippen LogP contribution in [0, 0.1) is 0 Å². The molecule has 0 saturated carbocycles. The van der Waals surface area contributed by atoms with E-state index in [0.717, 1.165) is 5.75 Å². The van der Waals surface area contributed by atoms with Crippen LogP contribution in [0.25, 0.3) is 0 Å². The van der Waals surface area contributed by atoms with Crippen LogP contribution in [0.15, 0.2) is 34.7 Å². The highest BCUT2D eigenvalue weighted by atomic mass is 32.2. The Labute approximate surface area is 95.0 Å². The molecule has 1 aromatic rings. The number of rotatable bonds is 3. The quantitative estimate of drug-likeness (QED) is 0.340. The molecule has 0 spiro atoms. The summed E-state index contributed by atoms with van der Waals surface area (Å²) in [5.74, 6) is 0.870. The fraction of sp³-hybridized carbons (Fsp3) is 0.300. The summed E-state index contributed by atoms with van der Waals surface area (Å²) in [6, 6.07) is 10.2. The first-order chi connectivity index (χ1) is 6.70. The molecule has 0 saturated heterocycles. The molecular weight excluding hydrogens is 212 g/mol. The number of amidine groups is 1. The van der Waals surface area contributed by atoms with Gasteiger partial charge in [-0.05, 0) is 22.7 Å². The highest BCUT2D eigenvalue weighted by Crippen LogP contribution is 2.12. The van der Waals surface area contributed by atoms with Crippen molar-refractivity contribution in [3.05, 3.63) is 35.9 Å². The second-order valence-electron chi connectivity index (χ2n) is 3.03. The van der Waals surface area contributed by atoms with Crippen LogP contribution in [0.3, 0.4) is 0 Å². The monoisotopic (exact) mass is 225 g/mol. The zero-order chi connectivity index (χ0) is 10.4. The third kappa shape index (κ3) is 3.98. The van der Waals surface area contributed by atoms with Crippen LogP contribution in [0.1, 0.15) is 5.56 Å². The van der Waals surface area contributed by atoms with Crippen LogP contribution in [0.2, 0.25) is 0 Å². The van der Waals surface area contributed by atoms with E-state index >= 15 is 0 Å². The molecule has 0 heterocycles. The van der Waals surface area contributed by atoms with Crippen LogP contribution in [-0.4, -0.2) is 24.2 Å². The Kier molecular flexibility index (Phi) is 4.76. The van der Waals surface area contributed by atoms with Gasteiger partial charge in [-0.1, -0.05) is 30.3 Å². The Hall–Kier alpha value is -0.740. The van der Waals surface area contributed by atoms with Crippen molar-refractivity contribution < 1.29 is 0 Å². The van der Waals surface area contributed by atoms with Crippen molar-refractivity contribution >= 4 is 29.7 Å². The lowest BCUT2D eigenvalue weighted by molar-refractivity contribution is 0.639. The van der Waals surface area contributed by atoms with E-state index in [1.807, 2.05) is 37.2 Å². The Morgan fingerprint density at radius 3 is 2.57 bits per heavy atom. The Balaban J connectivity index is 2.39. The Morgan fingerprint density at radius 1 is 1.36 bits per heavy atom. The smallest absolute Gasteiger partial charge is 0.0404 e. The lowest BCUT2D eigenvalue weighted by atomic mass is 10.2. The molecule has 0 aliphatic rings. The van der Waals surface area contributed by atoms with E-state index in [1.165, 1.54) is 17.5 Å². The third-order valence-electron chi connectivity index (χ3n) is 1.60. The lowest BCUT2D eigenvalue weighted by Crippen LogP contribution is -2.18. The molecule has 76 valence electrons. The summed E-state index contributed by atoms with van der Waals surface area (Å²) in [6.07, 6.45) is 0. The first-order valence-electron chi connectivity index (χ1n) is 4.28. The van der Waals surface area contributed by atoms with E-state index in [2.05, 4.69) is 16.5 Å². The highest BCUT2D eigenvalue weighted by molar-refractivity contribution is 7.98.